The highest BCUT2D eigenvalue weighted by Crippen LogP contribution is 2.26. The van der Waals surface area contributed by atoms with Gasteiger partial charge >= 0.3 is 11.6 Å². The summed E-state index contributed by atoms with van der Waals surface area (Å²) in [6.07, 6.45) is 3.77. The van der Waals surface area contributed by atoms with Crippen molar-refractivity contribution in [3.05, 3.63) is 75.4 Å². The van der Waals surface area contributed by atoms with E-state index in [0.29, 0.717) is 18.4 Å². The van der Waals surface area contributed by atoms with Crippen molar-refractivity contribution in [1.29, 1.82) is 0 Å². The second-order valence-corrected chi connectivity index (χ2v) is 7.85. The summed E-state index contributed by atoms with van der Waals surface area (Å²) in [5.41, 5.74) is -0.661. The fourth-order valence-corrected chi connectivity index (χ4v) is 3.15. The van der Waals surface area contributed by atoms with E-state index >= 15 is 0 Å². The number of alkyl halides is 2. The molecule has 0 fully saturated rings. The van der Waals surface area contributed by atoms with Gasteiger partial charge in [0.1, 0.15) is 29.4 Å². The van der Waals surface area contributed by atoms with E-state index in [1.54, 1.807) is 18.2 Å². The van der Waals surface area contributed by atoms with Crippen molar-refractivity contribution in [2.75, 3.05) is 13.7 Å². The van der Waals surface area contributed by atoms with E-state index in [1.807, 2.05) is 13.0 Å². The molecule has 0 aliphatic rings. The summed E-state index contributed by atoms with van der Waals surface area (Å²) in [5, 5.41) is 10.4. The summed E-state index contributed by atoms with van der Waals surface area (Å²) in [6.45, 7) is 2.58. The Balaban J connectivity index is 2.08. The number of esters is 1. The molecular formula is C26H28F2O7. The third-order valence-corrected chi connectivity index (χ3v) is 5.11. The number of carbonyl (C=O) groups excluding carboxylic acids is 2. The van der Waals surface area contributed by atoms with Crippen LogP contribution in [0.15, 0.2) is 57.3 Å². The van der Waals surface area contributed by atoms with Crippen LogP contribution in [0, 0.1) is 0 Å². The zero-order valence-electron chi connectivity index (χ0n) is 19.8. The van der Waals surface area contributed by atoms with E-state index in [9.17, 15) is 28.3 Å². The smallest absolute Gasteiger partial charge is 0.351 e. The first-order chi connectivity index (χ1) is 16.6. The molecule has 0 radical (unpaired) electrons. The lowest BCUT2D eigenvalue weighted by Gasteiger charge is -2.11. The Morgan fingerprint density at radius 2 is 1.86 bits per heavy atom. The Bertz CT molecular complexity index is 1130. The first-order valence-electron chi connectivity index (χ1n) is 10.9. The van der Waals surface area contributed by atoms with Gasteiger partial charge in [-0.05, 0) is 49.1 Å². The van der Waals surface area contributed by atoms with Gasteiger partial charge in [-0.2, -0.15) is 0 Å². The van der Waals surface area contributed by atoms with Crippen LogP contribution < -0.4 is 10.4 Å². The number of ketones is 1. The van der Waals surface area contributed by atoms with Crippen molar-refractivity contribution >= 4 is 17.8 Å². The van der Waals surface area contributed by atoms with Crippen LogP contribution in [-0.2, 0) is 9.53 Å². The van der Waals surface area contributed by atoms with Crippen LogP contribution in [0.4, 0.5) is 8.78 Å². The monoisotopic (exact) mass is 490 g/mol. The summed E-state index contributed by atoms with van der Waals surface area (Å²) in [6, 6.07) is 7.38. The molecule has 1 heterocycles. The third-order valence-electron chi connectivity index (χ3n) is 5.11. The van der Waals surface area contributed by atoms with Crippen molar-refractivity contribution in [1.82, 2.24) is 0 Å². The lowest BCUT2D eigenvalue weighted by Crippen LogP contribution is -2.16. The molecule has 0 aliphatic carbocycles. The van der Waals surface area contributed by atoms with Gasteiger partial charge in [0.05, 0.1) is 13.5 Å². The standard InChI is InChI=1S/C26H28F2O7/c1-16(7-5-4-6-8-23(30)33-3)21-14-20(29)24(26(32)35-21)25(31)17(2)13-18-9-11-19(12-10-18)34-15-22(27)28/h4,6,9-14,16,22,29H,5,7-8,15H2,1-3H3/b6-4+,17-13?. The second-order valence-electron chi connectivity index (χ2n) is 7.85. The van der Waals surface area contributed by atoms with Gasteiger partial charge in [-0.1, -0.05) is 31.2 Å². The van der Waals surface area contributed by atoms with Crippen molar-refractivity contribution in [3.8, 4) is 11.5 Å². The van der Waals surface area contributed by atoms with E-state index < -0.39 is 35.8 Å². The topological polar surface area (TPSA) is 103 Å². The lowest BCUT2D eigenvalue weighted by molar-refractivity contribution is -0.139. The third kappa shape index (κ3) is 8.51. The van der Waals surface area contributed by atoms with Crippen LogP contribution in [-0.4, -0.2) is 37.0 Å². The molecule has 0 aliphatic heterocycles. The average molecular weight is 490 g/mol. The number of aromatic hydroxyl groups is 1. The molecule has 7 nitrogen and oxygen atoms in total. The summed E-state index contributed by atoms with van der Waals surface area (Å²) >= 11 is 0. The SMILES string of the molecule is COC(=O)C/C=C/CCC(C)c1cc(O)c(C(=O)C(C)=Cc2ccc(OCC(F)F)cc2)c(=O)o1. The number of hydrogen-bond donors (Lipinski definition) is 1. The number of carbonyl (C=O) groups is 2. The maximum Gasteiger partial charge on any atom is 0.351 e. The molecule has 0 bridgehead atoms. The fraction of sp³-hybridized carbons (Fsp3) is 0.346. The van der Waals surface area contributed by atoms with Crippen LogP contribution in [0.25, 0.3) is 6.08 Å². The van der Waals surface area contributed by atoms with E-state index in [4.69, 9.17) is 9.15 Å². The molecule has 2 aromatic rings. The number of ether oxygens (including phenoxy) is 2. The number of allylic oxidation sites excluding steroid dienone is 2. The zero-order chi connectivity index (χ0) is 26.0. The molecule has 2 rings (SSSR count). The van der Waals surface area contributed by atoms with Crippen molar-refractivity contribution in [2.24, 2.45) is 0 Å². The molecule has 0 saturated heterocycles. The molecule has 1 aromatic heterocycles. The minimum Gasteiger partial charge on any atom is -0.507 e. The number of benzene rings is 1. The van der Waals surface area contributed by atoms with Crippen molar-refractivity contribution in [3.63, 3.8) is 0 Å². The van der Waals surface area contributed by atoms with Crippen molar-refractivity contribution < 1.29 is 37.4 Å². The quantitative estimate of drug-likeness (QED) is 0.187. The van der Waals surface area contributed by atoms with Crippen molar-refractivity contribution in [2.45, 2.75) is 45.5 Å². The van der Waals surface area contributed by atoms with Gasteiger partial charge in [-0.25, -0.2) is 13.6 Å². The maximum atomic E-state index is 12.8. The van der Waals surface area contributed by atoms with Crippen LogP contribution in [0.2, 0.25) is 0 Å². The Kier molecular flexibility index (Phi) is 10.4. The molecule has 35 heavy (non-hydrogen) atoms. The van der Waals surface area contributed by atoms with Crippen LogP contribution in [0.1, 0.15) is 60.7 Å². The molecule has 9 heteroatoms. The van der Waals surface area contributed by atoms with Crippen LogP contribution >= 0.6 is 0 Å². The minimum absolute atomic E-state index is 0.168. The normalized spacial score (nSPS) is 12.7. The maximum absolute atomic E-state index is 12.8. The molecule has 1 atom stereocenters. The number of Topliss-reactive ketones (excluding diaryl/α,β-unsaturated/α-hetero) is 1. The summed E-state index contributed by atoms with van der Waals surface area (Å²) in [7, 11) is 1.31. The van der Waals surface area contributed by atoms with Crippen LogP contribution in [0.5, 0.6) is 11.5 Å². The molecule has 1 unspecified atom stereocenters. The number of methoxy groups -OCH3 is 1. The van der Waals surface area contributed by atoms with Gasteiger partial charge in [0, 0.05) is 12.0 Å². The highest BCUT2D eigenvalue weighted by Gasteiger charge is 2.22. The fourth-order valence-electron chi connectivity index (χ4n) is 3.15. The number of rotatable bonds is 12. The van der Waals surface area contributed by atoms with E-state index in [-0.39, 0.29) is 35.4 Å². The van der Waals surface area contributed by atoms with Gasteiger partial charge < -0.3 is 19.0 Å². The predicted octanol–water partition coefficient (Wildman–Crippen LogP) is 5.28. The Hall–Kier alpha value is -3.75. The van der Waals surface area contributed by atoms with E-state index in [2.05, 4.69) is 4.74 Å². The molecule has 0 amide bonds. The number of hydrogen-bond acceptors (Lipinski definition) is 7. The largest absolute Gasteiger partial charge is 0.507 e. The molecule has 0 saturated carbocycles. The minimum atomic E-state index is -2.59. The van der Waals surface area contributed by atoms with E-state index in [1.165, 1.54) is 38.3 Å². The van der Waals surface area contributed by atoms with Crippen LogP contribution in [0.3, 0.4) is 0 Å². The highest BCUT2D eigenvalue weighted by molar-refractivity contribution is 6.12. The van der Waals surface area contributed by atoms with Gasteiger partial charge in [-0.3, -0.25) is 9.59 Å². The Morgan fingerprint density at radius 1 is 1.17 bits per heavy atom. The Morgan fingerprint density at radius 3 is 2.46 bits per heavy atom. The predicted molar refractivity (Wildman–Crippen MR) is 126 cm³/mol. The first kappa shape index (κ1) is 27.5. The summed E-state index contributed by atoms with van der Waals surface area (Å²) < 4.78 is 39.2. The lowest BCUT2D eigenvalue weighted by atomic mass is 9.99. The van der Waals surface area contributed by atoms with Gasteiger partial charge in [0.2, 0.25) is 0 Å². The average Bonchev–Trinajstić information content (AvgIpc) is 2.82. The molecule has 0 spiro atoms. The van der Waals surface area contributed by atoms with Gasteiger partial charge in [0.15, 0.2) is 5.78 Å². The zero-order valence-corrected chi connectivity index (χ0v) is 19.8. The molecule has 188 valence electrons. The summed E-state index contributed by atoms with van der Waals surface area (Å²) in [5.74, 6) is -1.23. The molecule has 1 N–H and O–H groups in total. The Labute approximate surface area is 201 Å². The second kappa shape index (κ2) is 13.2. The van der Waals surface area contributed by atoms with Gasteiger partial charge in [-0.15, -0.1) is 0 Å². The molecule has 1 aromatic carbocycles. The number of halogens is 2. The summed E-state index contributed by atoms with van der Waals surface area (Å²) in [4.78, 5) is 36.4. The van der Waals surface area contributed by atoms with E-state index in [0.717, 1.165) is 0 Å². The first-order valence-corrected chi connectivity index (χ1v) is 10.9. The molecular weight excluding hydrogens is 462 g/mol. The highest BCUT2D eigenvalue weighted by atomic mass is 19.3. The van der Waals surface area contributed by atoms with Gasteiger partial charge in [0.25, 0.3) is 6.43 Å².